The highest BCUT2D eigenvalue weighted by molar-refractivity contribution is 5.72. The fourth-order valence-corrected chi connectivity index (χ4v) is 0.271. The fraction of sp³-hybridized carbons (Fsp3) is 0.250. The highest BCUT2D eigenvalue weighted by Gasteiger charge is 1.96. The van der Waals surface area contributed by atoms with Gasteiger partial charge in [-0.05, 0) is 12.8 Å². The molecule has 0 aliphatic carbocycles. The average Bonchev–Trinajstić information content (AvgIpc) is 1.99. The third-order valence-corrected chi connectivity index (χ3v) is 0.627. The highest BCUT2D eigenvalue weighted by atomic mass is 16.5. The van der Waals surface area contributed by atoms with Crippen LogP contribution >= 0.6 is 0 Å². The van der Waals surface area contributed by atoms with Gasteiger partial charge in [-0.3, -0.25) is 0 Å². The molecule has 0 atom stereocenters. The minimum Gasteiger partial charge on any atom is -0.370 e. The summed E-state index contributed by atoms with van der Waals surface area (Å²) in [6, 6.07) is 1.63. The predicted octanol–water partition coefficient (Wildman–Crippen LogP) is 0.427. The molecule has 0 rings (SSSR count). The van der Waals surface area contributed by atoms with E-state index in [0.717, 1.165) is 0 Å². The van der Waals surface area contributed by atoms with Crippen molar-refractivity contribution in [2.75, 3.05) is 0 Å². The summed E-state index contributed by atoms with van der Waals surface area (Å²) in [5.74, 6) is 6.47. The molecule has 0 aromatic rings. The number of rotatable bonds is 1. The second-order valence-corrected chi connectivity index (χ2v) is 1.41. The smallest absolute Gasteiger partial charge is 0.334 e. The van der Waals surface area contributed by atoms with Gasteiger partial charge in [0.25, 0.3) is 0 Å². The van der Waals surface area contributed by atoms with Gasteiger partial charge >= 0.3 is 5.97 Å². The molecule has 0 aliphatic heterocycles. The van der Waals surface area contributed by atoms with Crippen molar-refractivity contribution in [2.24, 2.45) is 0 Å². The van der Waals surface area contributed by atoms with Crippen molar-refractivity contribution in [2.45, 2.75) is 13.3 Å². The van der Waals surface area contributed by atoms with Crippen molar-refractivity contribution >= 4 is 5.97 Å². The lowest BCUT2D eigenvalue weighted by Gasteiger charge is -1.84. The topological polar surface area (TPSA) is 50.1 Å². The van der Waals surface area contributed by atoms with Gasteiger partial charge in [0.15, 0.2) is 0 Å². The number of nitriles is 1. The van der Waals surface area contributed by atoms with Crippen molar-refractivity contribution in [3.63, 3.8) is 0 Å². The van der Waals surface area contributed by atoms with E-state index in [1.54, 1.807) is 13.0 Å². The van der Waals surface area contributed by atoms with Gasteiger partial charge in [0.05, 0.1) is 6.07 Å². The molecule has 0 saturated carbocycles. The van der Waals surface area contributed by atoms with Crippen LogP contribution in [0.2, 0.25) is 0 Å². The van der Waals surface area contributed by atoms with Gasteiger partial charge in [-0.25, -0.2) is 4.79 Å². The van der Waals surface area contributed by atoms with Gasteiger partial charge in [0, 0.05) is 5.92 Å². The molecule has 3 heteroatoms. The lowest BCUT2D eigenvalue weighted by atomic mass is 10.5. The molecule has 0 amide bonds. The van der Waals surface area contributed by atoms with Gasteiger partial charge in [-0.1, -0.05) is 5.92 Å². The maximum atomic E-state index is 10.4. The molecule has 0 fully saturated rings. The van der Waals surface area contributed by atoms with Gasteiger partial charge in [-0.2, -0.15) is 5.26 Å². The largest absolute Gasteiger partial charge is 0.370 e. The van der Waals surface area contributed by atoms with Gasteiger partial charge in [-0.15, -0.1) is 0 Å². The van der Waals surface area contributed by atoms with E-state index in [1.165, 1.54) is 0 Å². The monoisotopic (exact) mass is 147 g/mol. The summed E-state index contributed by atoms with van der Waals surface area (Å²) in [6.45, 7) is 1.62. The zero-order chi connectivity index (χ0) is 8.53. The molecule has 11 heavy (non-hydrogen) atoms. The molecule has 0 aromatic heterocycles. The molecule has 0 bridgehead atoms. The minimum atomic E-state index is -0.655. The molecule has 0 spiro atoms. The summed E-state index contributed by atoms with van der Waals surface area (Å²) in [5, 5.41) is 8.01. The zero-order valence-corrected chi connectivity index (χ0v) is 5.97. The Hall–Kier alpha value is -1.92. The Labute approximate surface area is 65.0 Å². The normalized spacial score (nSPS) is 5.82. The molecule has 0 radical (unpaired) electrons. The van der Waals surface area contributed by atoms with Gasteiger partial charge in [0.1, 0.15) is 12.5 Å². The first-order chi connectivity index (χ1) is 5.31. The zero-order valence-electron chi connectivity index (χ0n) is 5.97. The van der Waals surface area contributed by atoms with Crippen molar-refractivity contribution < 1.29 is 9.53 Å². The summed E-state index contributed by atoms with van der Waals surface area (Å²) < 4.78 is 4.26. The molecule has 0 unspecified atom stereocenters. The van der Waals surface area contributed by atoms with E-state index in [-0.39, 0.29) is 6.42 Å². The third-order valence-electron chi connectivity index (χ3n) is 0.627. The van der Waals surface area contributed by atoms with Crippen molar-refractivity contribution in [3.05, 3.63) is 0 Å². The Morgan fingerprint density at radius 2 is 2.27 bits per heavy atom. The van der Waals surface area contributed by atoms with E-state index in [4.69, 9.17) is 5.26 Å². The Morgan fingerprint density at radius 3 is 2.82 bits per heavy atom. The van der Waals surface area contributed by atoms with E-state index in [9.17, 15) is 4.79 Å². The minimum absolute atomic E-state index is 0.283. The van der Waals surface area contributed by atoms with Crippen LogP contribution in [0.4, 0.5) is 0 Å². The number of hydrogen-bond acceptors (Lipinski definition) is 3. The number of esters is 1. The number of hydrogen-bond donors (Lipinski definition) is 0. The van der Waals surface area contributed by atoms with Crippen LogP contribution in [-0.4, -0.2) is 5.97 Å². The quantitative estimate of drug-likeness (QED) is 0.399. The van der Waals surface area contributed by atoms with E-state index < -0.39 is 5.97 Å². The van der Waals surface area contributed by atoms with E-state index in [0.29, 0.717) is 0 Å². The second-order valence-electron chi connectivity index (χ2n) is 1.41. The summed E-state index contributed by atoms with van der Waals surface area (Å²) in [4.78, 5) is 10.4. The SMILES string of the molecule is CC#CC#COC(=O)CC#N. The van der Waals surface area contributed by atoms with Crippen LogP contribution in [0, 0.1) is 35.2 Å². The molecule has 54 valence electrons. The molecule has 0 aliphatic rings. The highest BCUT2D eigenvalue weighted by Crippen LogP contribution is 1.80. The van der Waals surface area contributed by atoms with Crippen LogP contribution in [0.5, 0.6) is 0 Å². The van der Waals surface area contributed by atoms with Crippen LogP contribution in [0.15, 0.2) is 0 Å². The molecule has 0 heterocycles. The van der Waals surface area contributed by atoms with Crippen LogP contribution in [0.3, 0.4) is 0 Å². The maximum Gasteiger partial charge on any atom is 0.334 e. The number of carbonyl (C=O) groups is 1. The van der Waals surface area contributed by atoms with Crippen LogP contribution in [0.25, 0.3) is 0 Å². The average molecular weight is 147 g/mol. The van der Waals surface area contributed by atoms with Crippen LogP contribution in [-0.2, 0) is 9.53 Å². The Kier molecular flexibility index (Phi) is 5.12. The number of nitrogens with zero attached hydrogens (tertiary/aromatic N) is 1. The van der Waals surface area contributed by atoms with Crippen LogP contribution in [0.1, 0.15) is 13.3 Å². The van der Waals surface area contributed by atoms with Crippen molar-refractivity contribution in [3.8, 4) is 29.9 Å². The maximum absolute atomic E-state index is 10.4. The number of ether oxygens (including phenoxy) is 1. The molecule has 3 nitrogen and oxygen atoms in total. The Bertz CT molecular complexity index is 290. The molecule has 0 N–H and O–H groups in total. The molecular weight excluding hydrogens is 142 g/mol. The second kappa shape index (κ2) is 6.20. The first kappa shape index (κ1) is 9.08. The van der Waals surface area contributed by atoms with Gasteiger partial charge in [0.2, 0.25) is 0 Å². The van der Waals surface area contributed by atoms with E-state index >= 15 is 0 Å². The first-order valence-electron chi connectivity index (χ1n) is 2.79. The summed E-state index contributed by atoms with van der Waals surface area (Å²) in [5.41, 5.74) is 0. The Balaban J connectivity index is 3.72. The first-order valence-corrected chi connectivity index (χ1v) is 2.79. The standard InChI is InChI=1S/C8H5NO2/c1-2-3-4-7-11-8(10)5-6-9/h5H2,1H3. The van der Waals surface area contributed by atoms with Crippen molar-refractivity contribution in [1.82, 2.24) is 0 Å². The molecule has 0 saturated heterocycles. The lowest BCUT2D eigenvalue weighted by Crippen LogP contribution is -1.96. The third kappa shape index (κ3) is 5.96. The molecule has 0 aromatic carbocycles. The van der Waals surface area contributed by atoms with Crippen molar-refractivity contribution in [1.29, 1.82) is 5.26 Å². The Morgan fingerprint density at radius 1 is 1.55 bits per heavy atom. The molecular formula is C8H5NO2. The van der Waals surface area contributed by atoms with Gasteiger partial charge < -0.3 is 4.74 Å². The fourth-order valence-electron chi connectivity index (χ4n) is 0.271. The lowest BCUT2D eigenvalue weighted by molar-refractivity contribution is -0.135. The van der Waals surface area contributed by atoms with E-state index in [2.05, 4.69) is 22.5 Å². The summed E-state index contributed by atoms with van der Waals surface area (Å²) >= 11 is 0. The number of carbonyl (C=O) groups excluding carboxylic acids is 1. The summed E-state index contributed by atoms with van der Waals surface area (Å²) in [7, 11) is 0. The van der Waals surface area contributed by atoms with E-state index in [1.807, 2.05) is 6.11 Å². The summed E-state index contributed by atoms with van der Waals surface area (Å²) in [6.07, 6.45) is 1.76. The predicted molar refractivity (Wildman–Crippen MR) is 37.5 cm³/mol. The van der Waals surface area contributed by atoms with Crippen LogP contribution < -0.4 is 0 Å².